The lowest BCUT2D eigenvalue weighted by molar-refractivity contribution is 0.0474. The number of hydrogen-bond donors (Lipinski definition) is 0. The Balaban J connectivity index is 1.97. The van der Waals surface area contributed by atoms with Crippen molar-refractivity contribution in [1.29, 1.82) is 0 Å². The average molecular weight is 286 g/mol. The summed E-state index contributed by atoms with van der Waals surface area (Å²) in [5.74, 6) is -0.744. The maximum absolute atomic E-state index is 12.0. The zero-order valence-corrected chi connectivity index (χ0v) is 12.4. The third-order valence-electron chi connectivity index (χ3n) is 3.47. The molecular formula is C16H18N2O3. The number of ketones is 1. The molecule has 0 aliphatic rings. The van der Waals surface area contributed by atoms with E-state index in [0.717, 1.165) is 12.0 Å². The van der Waals surface area contributed by atoms with Gasteiger partial charge in [0.15, 0.2) is 12.4 Å². The van der Waals surface area contributed by atoms with Gasteiger partial charge >= 0.3 is 5.97 Å². The number of carbonyl (C=O) groups is 2. The van der Waals surface area contributed by atoms with Crippen molar-refractivity contribution in [1.82, 2.24) is 9.78 Å². The fourth-order valence-electron chi connectivity index (χ4n) is 1.92. The number of carbonyl (C=O) groups excluding carboxylic acids is 2. The monoisotopic (exact) mass is 286 g/mol. The second kappa shape index (κ2) is 6.35. The third kappa shape index (κ3) is 3.37. The van der Waals surface area contributed by atoms with Crippen LogP contribution in [0.1, 0.15) is 38.9 Å². The van der Waals surface area contributed by atoms with Crippen LogP contribution in [0.5, 0.6) is 0 Å². The van der Waals surface area contributed by atoms with Crippen LogP contribution in [-0.2, 0) is 18.2 Å². The zero-order chi connectivity index (χ0) is 15.4. The first-order chi connectivity index (χ1) is 10.0. The second-order valence-electron chi connectivity index (χ2n) is 4.82. The molecule has 21 heavy (non-hydrogen) atoms. The topological polar surface area (TPSA) is 61.2 Å². The maximum Gasteiger partial charge on any atom is 0.342 e. The molecule has 5 heteroatoms. The lowest BCUT2D eigenvalue weighted by Crippen LogP contribution is -2.14. The van der Waals surface area contributed by atoms with Crippen molar-refractivity contribution in [2.24, 2.45) is 7.05 Å². The number of aryl methyl sites for hydroxylation is 2. The van der Waals surface area contributed by atoms with E-state index >= 15 is 0 Å². The van der Waals surface area contributed by atoms with Crippen molar-refractivity contribution in [2.75, 3.05) is 6.61 Å². The van der Waals surface area contributed by atoms with Gasteiger partial charge in [-0.15, -0.1) is 0 Å². The molecule has 110 valence electrons. The van der Waals surface area contributed by atoms with Crippen molar-refractivity contribution in [3.05, 3.63) is 52.8 Å². The highest BCUT2D eigenvalue weighted by molar-refractivity contribution is 5.99. The summed E-state index contributed by atoms with van der Waals surface area (Å²) in [6.07, 6.45) is 2.36. The van der Waals surface area contributed by atoms with Gasteiger partial charge in [0.05, 0.1) is 6.20 Å². The number of rotatable bonds is 5. The van der Waals surface area contributed by atoms with Crippen LogP contribution in [0.2, 0.25) is 0 Å². The molecule has 1 aromatic carbocycles. The minimum absolute atomic E-state index is 0.215. The predicted octanol–water partition coefficient (Wildman–Crippen LogP) is 2.33. The Labute approximate surface area is 123 Å². The first kappa shape index (κ1) is 15.0. The number of ether oxygens (including phenoxy) is 1. The Morgan fingerprint density at radius 1 is 1.24 bits per heavy atom. The van der Waals surface area contributed by atoms with Crippen molar-refractivity contribution < 1.29 is 14.3 Å². The van der Waals surface area contributed by atoms with Gasteiger partial charge in [0.2, 0.25) is 0 Å². The normalized spacial score (nSPS) is 10.4. The summed E-state index contributed by atoms with van der Waals surface area (Å²) in [5, 5.41) is 3.97. The highest BCUT2D eigenvalue weighted by Crippen LogP contribution is 2.09. The molecule has 0 saturated heterocycles. The third-order valence-corrected chi connectivity index (χ3v) is 3.47. The van der Waals surface area contributed by atoms with Gasteiger partial charge in [-0.25, -0.2) is 4.79 Å². The number of esters is 1. The van der Waals surface area contributed by atoms with Gasteiger partial charge < -0.3 is 4.74 Å². The summed E-state index contributed by atoms with van der Waals surface area (Å²) in [6, 6.07) is 7.31. The van der Waals surface area contributed by atoms with Crippen molar-refractivity contribution in [2.45, 2.75) is 20.3 Å². The van der Waals surface area contributed by atoms with Crippen LogP contribution in [-0.4, -0.2) is 28.1 Å². The standard InChI is InChI=1S/C16H18N2O3/c1-4-12-5-7-13(8-6-12)15(19)10-21-16(20)14-9-17-18(3)11(14)2/h5-9H,4,10H2,1-3H3. The van der Waals surface area contributed by atoms with Crippen LogP contribution in [0.4, 0.5) is 0 Å². The molecule has 0 unspecified atom stereocenters. The van der Waals surface area contributed by atoms with Gasteiger partial charge in [-0.3, -0.25) is 9.48 Å². The molecule has 1 aromatic heterocycles. The molecule has 0 spiro atoms. The molecule has 0 amide bonds. The summed E-state index contributed by atoms with van der Waals surface area (Å²) >= 11 is 0. The molecule has 0 fully saturated rings. The summed E-state index contributed by atoms with van der Waals surface area (Å²) in [4.78, 5) is 23.9. The molecule has 2 rings (SSSR count). The molecule has 0 atom stereocenters. The molecular weight excluding hydrogens is 268 g/mol. The van der Waals surface area contributed by atoms with E-state index in [-0.39, 0.29) is 12.4 Å². The lowest BCUT2D eigenvalue weighted by Gasteiger charge is -2.05. The van der Waals surface area contributed by atoms with E-state index in [1.54, 1.807) is 30.8 Å². The van der Waals surface area contributed by atoms with E-state index < -0.39 is 5.97 Å². The molecule has 2 aromatic rings. The van der Waals surface area contributed by atoms with Crippen LogP contribution in [0.15, 0.2) is 30.5 Å². The van der Waals surface area contributed by atoms with Gasteiger partial charge in [-0.2, -0.15) is 5.10 Å². The Morgan fingerprint density at radius 2 is 1.90 bits per heavy atom. The van der Waals surface area contributed by atoms with E-state index in [0.29, 0.717) is 16.8 Å². The average Bonchev–Trinajstić information content (AvgIpc) is 2.84. The number of benzene rings is 1. The van der Waals surface area contributed by atoms with Crippen molar-refractivity contribution in [3.63, 3.8) is 0 Å². The van der Waals surface area contributed by atoms with Crippen LogP contribution < -0.4 is 0 Å². The largest absolute Gasteiger partial charge is 0.454 e. The fourth-order valence-corrected chi connectivity index (χ4v) is 1.92. The highest BCUT2D eigenvalue weighted by Gasteiger charge is 2.16. The predicted molar refractivity (Wildman–Crippen MR) is 78.4 cm³/mol. The summed E-state index contributed by atoms with van der Waals surface area (Å²) in [5.41, 5.74) is 2.80. The van der Waals surface area contributed by atoms with Crippen LogP contribution in [0, 0.1) is 6.92 Å². The SMILES string of the molecule is CCc1ccc(C(=O)COC(=O)c2cnn(C)c2C)cc1. The van der Waals surface area contributed by atoms with Crippen LogP contribution in [0.25, 0.3) is 0 Å². The second-order valence-corrected chi connectivity index (χ2v) is 4.82. The number of nitrogens with zero attached hydrogens (tertiary/aromatic N) is 2. The summed E-state index contributed by atoms with van der Waals surface area (Å²) in [7, 11) is 1.74. The minimum Gasteiger partial charge on any atom is -0.454 e. The van der Waals surface area contributed by atoms with Gasteiger partial charge in [0.1, 0.15) is 5.56 Å². The first-order valence-corrected chi connectivity index (χ1v) is 6.80. The lowest BCUT2D eigenvalue weighted by atomic mass is 10.1. The van der Waals surface area contributed by atoms with Crippen LogP contribution in [0.3, 0.4) is 0 Å². The van der Waals surface area contributed by atoms with Gasteiger partial charge in [0, 0.05) is 18.3 Å². The van der Waals surface area contributed by atoms with Gasteiger partial charge in [0.25, 0.3) is 0 Å². The quantitative estimate of drug-likeness (QED) is 0.625. The zero-order valence-electron chi connectivity index (χ0n) is 12.4. The van der Waals surface area contributed by atoms with Crippen molar-refractivity contribution in [3.8, 4) is 0 Å². The van der Waals surface area contributed by atoms with Crippen molar-refractivity contribution >= 4 is 11.8 Å². The summed E-state index contributed by atoms with van der Waals surface area (Å²) < 4.78 is 6.64. The van der Waals surface area contributed by atoms with E-state index in [9.17, 15) is 9.59 Å². The Bertz CT molecular complexity index is 657. The van der Waals surface area contributed by atoms with E-state index in [4.69, 9.17) is 4.74 Å². The Hall–Kier alpha value is -2.43. The maximum atomic E-state index is 12.0. The molecule has 1 heterocycles. The molecule has 0 aliphatic heterocycles. The van der Waals surface area contributed by atoms with E-state index in [2.05, 4.69) is 12.0 Å². The molecule has 0 aliphatic carbocycles. The fraction of sp³-hybridized carbons (Fsp3) is 0.312. The van der Waals surface area contributed by atoms with Crippen LogP contribution >= 0.6 is 0 Å². The molecule has 0 N–H and O–H groups in total. The van der Waals surface area contributed by atoms with E-state index in [1.165, 1.54) is 6.20 Å². The molecule has 0 saturated carbocycles. The Morgan fingerprint density at radius 3 is 2.43 bits per heavy atom. The number of aromatic nitrogens is 2. The highest BCUT2D eigenvalue weighted by atomic mass is 16.5. The molecule has 0 bridgehead atoms. The summed E-state index contributed by atoms with van der Waals surface area (Å²) in [6.45, 7) is 3.56. The number of hydrogen-bond acceptors (Lipinski definition) is 4. The molecule has 0 radical (unpaired) electrons. The Kier molecular flexibility index (Phi) is 4.52. The smallest absolute Gasteiger partial charge is 0.342 e. The van der Waals surface area contributed by atoms with Gasteiger partial charge in [-0.1, -0.05) is 31.2 Å². The number of Topliss-reactive ketones (excluding diaryl/α,β-unsaturated/α-hetero) is 1. The first-order valence-electron chi connectivity index (χ1n) is 6.80. The van der Waals surface area contributed by atoms with E-state index in [1.807, 2.05) is 12.1 Å². The molecule has 5 nitrogen and oxygen atoms in total. The minimum atomic E-state index is -0.529. The van der Waals surface area contributed by atoms with Gasteiger partial charge in [-0.05, 0) is 18.9 Å².